The fourth-order valence-corrected chi connectivity index (χ4v) is 2.64. The molecule has 112 valence electrons. The van der Waals surface area contributed by atoms with Crippen molar-refractivity contribution in [2.24, 2.45) is 0 Å². The van der Waals surface area contributed by atoms with Crippen LogP contribution in [0.1, 0.15) is 48.9 Å². The van der Waals surface area contributed by atoms with E-state index in [4.69, 9.17) is 0 Å². The molecule has 0 bridgehead atoms. The molecule has 0 atom stereocenters. The highest BCUT2D eigenvalue weighted by Gasteiger charge is 2.34. The average molecular weight is 296 g/mol. The van der Waals surface area contributed by atoms with Gasteiger partial charge in [0.2, 0.25) is 0 Å². The molecule has 1 N–H and O–H groups in total. The number of nitrogens with one attached hydrogen (secondary N) is 1. The zero-order valence-corrected chi connectivity index (χ0v) is 11.4. The summed E-state index contributed by atoms with van der Waals surface area (Å²) in [6, 6.07) is 2.95. The maximum absolute atomic E-state index is 13.6. The first kappa shape index (κ1) is 15.4. The van der Waals surface area contributed by atoms with Crippen molar-refractivity contribution in [3.05, 3.63) is 35.1 Å². The van der Waals surface area contributed by atoms with Crippen LogP contribution in [0, 0.1) is 28.8 Å². The molecule has 1 aliphatic carbocycles. The van der Waals surface area contributed by atoms with Crippen LogP contribution in [0.5, 0.6) is 0 Å². The molecule has 2 rings (SSSR count). The van der Waals surface area contributed by atoms with E-state index in [2.05, 4.69) is 11.4 Å². The molecular weight excluding hydrogens is 281 g/mol. The van der Waals surface area contributed by atoms with Crippen LogP contribution in [0.15, 0.2) is 12.1 Å². The Labute approximate surface area is 120 Å². The fraction of sp³-hybridized carbons (Fsp3) is 0.467. The Hall–Kier alpha value is -2.03. The minimum atomic E-state index is -1.27. The number of rotatable bonds is 2. The molecule has 21 heavy (non-hydrogen) atoms. The normalized spacial score (nSPS) is 17.6. The predicted molar refractivity (Wildman–Crippen MR) is 69.8 cm³/mol. The summed E-state index contributed by atoms with van der Waals surface area (Å²) in [5.74, 6) is -4.65. The smallest absolute Gasteiger partial charge is 0.258 e. The predicted octanol–water partition coefficient (Wildman–Crippen LogP) is 3.45. The topological polar surface area (TPSA) is 52.9 Å². The molecule has 1 aromatic rings. The summed E-state index contributed by atoms with van der Waals surface area (Å²) in [7, 11) is 0. The van der Waals surface area contributed by atoms with Gasteiger partial charge in [0.1, 0.15) is 28.6 Å². The van der Waals surface area contributed by atoms with Gasteiger partial charge in [-0.15, -0.1) is 0 Å². The van der Waals surface area contributed by atoms with E-state index in [-0.39, 0.29) is 0 Å². The molecule has 0 spiro atoms. The van der Waals surface area contributed by atoms with E-state index >= 15 is 0 Å². The van der Waals surface area contributed by atoms with E-state index in [0.29, 0.717) is 25.0 Å². The van der Waals surface area contributed by atoms with E-state index in [9.17, 15) is 23.2 Å². The molecule has 0 aromatic heterocycles. The second-order valence-electron chi connectivity index (χ2n) is 5.31. The van der Waals surface area contributed by atoms with Gasteiger partial charge in [0.05, 0.1) is 6.07 Å². The first-order valence-electron chi connectivity index (χ1n) is 6.86. The molecule has 6 heteroatoms. The fourth-order valence-electron chi connectivity index (χ4n) is 2.64. The molecular formula is C15H15F3N2O. The monoisotopic (exact) mass is 296 g/mol. The number of benzene rings is 1. The Morgan fingerprint density at radius 3 is 2.10 bits per heavy atom. The summed E-state index contributed by atoms with van der Waals surface area (Å²) in [6.45, 7) is 0. The van der Waals surface area contributed by atoms with Gasteiger partial charge in [0, 0.05) is 12.1 Å². The molecule has 0 saturated heterocycles. The van der Waals surface area contributed by atoms with Crippen LogP contribution >= 0.6 is 0 Å². The number of hydrogen-bond acceptors (Lipinski definition) is 2. The van der Waals surface area contributed by atoms with Crippen LogP contribution in [-0.2, 0) is 0 Å². The van der Waals surface area contributed by atoms with Crippen LogP contribution in [0.4, 0.5) is 13.2 Å². The maximum Gasteiger partial charge on any atom is 0.258 e. The first-order valence-corrected chi connectivity index (χ1v) is 6.86. The van der Waals surface area contributed by atoms with E-state index in [1.54, 1.807) is 0 Å². The van der Waals surface area contributed by atoms with Gasteiger partial charge in [-0.3, -0.25) is 4.79 Å². The maximum atomic E-state index is 13.6. The van der Waals surface area contributed by atoms with Gasteiger partial charge in [-0.1, -0.05) is 25.7 Å². The zero-order valence-electron chi connectivity index (χ0n) is 11.4. The van der Waals surface area contributed by atoms with Crippen molar-refractivity contribution in [2.75, 3.05) is 0 Å². The Bertz CT molecular complexity index is 564. The van der Waals surface area contributed by atoms with Crippen LogP contribution < -0.4 is 5.32 Å². The number of hydrogen-bond donors (Lipinski definition) is 1. The summed E-state index contributed by atoms with van der Waals surface area (Å²) in [5.41, 5.74) is -1.96. The molecule has 0 radical (unpaired) electrons. The van der Waals surface area contributed by atoms with Crippen molar-refractivity contribution in [3.8, 4) is 6.07 Å². The number of halogens is 3. The van der Waals surface area contributed by atoms with E-state index in [0.717, 1.165) is 25.7 Å². The lowest BCUT2D eigenvalue weighted by molar-refractivity contribution is 0.0904. The Morgan fingerprint density at radius 2 is 1.62 bits per heavy atom. The van der Waals surface area contributed by atoms with Gasteiger partial charge in [-0.05, 0) is 12.8 Å². The third-order valence-corrected chi connectivity index (χ3v) is 3.76. The summed E-state index contributed by atoms with van der Waals surface area (Å²) in [4.78, 5) is 12.1. The minimum Gasteiger partial charge on any atom is -0.334 e. The number of nitriles is 1. The Morgan fingerprint density at radius 1 is 1.10 bits per heavy atom. The lowest BCUT2D eigenvalue weighted by Gasteiger charge is -2.26. The zero-order chi connectivity index (χ0) is 15.5. The van der Waals surface area contributed by atoms with E-state index in [1.165, 1.54) is 0 Å². The van der Waals surface area contributed by atoms with Gasteiger partial charge >= 0.3 is 0 Å². The average Bonchev–Trinajstić information content (AvgIpc) is 2.63. The second kappa shape index (κ2) is 6.17. The van der Waals surface area contributed by atoms with Gasteiger partial charge in [0.15, 0.2) is 0 Å². The Kier molecular flexibility index (Phi) is 4.51. The van der Waals surface area contributed by atoms with Crippen LogP contribution in [0.2, 0.25) is 0 Å². The molecule has 1 aromatic carbocycles. The summed E-state index contributed by atoms with van der Waals surface area (Å²) in [6.07, 6.45) is 4.33. The highest BCUT2D eigenvalue weighted by Crippen LogP contribution is 2.27. The molecule has 3 nitrogen and oxygen atoms in total. The number of carbonyl (C=O) groups is 1. The lowest BCUT2D eigenvalue weighted by atomic mass is 9.91. The Balaban J connectivity index is 2.26. The lowest BCUT2D eigenvalue weighted by Crippen LogP contribution is -2.47. The third-order valence-electron chi connectivity index (χ3n) is 3.76. The SMILES string of the molecule is N#CC1(NC(=O)c2c(F)cc(F)cc2F)CCCCCC1. The molecule has 1 aliphatic rings. The summed E-state index contributed by atoms with van der Waals surface area (Å²) < 4.78 is 40.1. The van der Waals surface area contributed by atoms with Crippen molar-refractivity contribution >= 4 is 5.91 Å². The molecule has 1 amide bonds. The van der Waals surface area contributed by atoms with Crippen molar-refractivity contribution in [3.63, 3.8) is 0 Å². The molecule has 0 unspecified atom stereocenters. The second-order valence-corrected chi connectivity index (χ2v) is 5.31. The molecule has 0 aliphatic heterocycles. The molecule has 1 saturated carbocycles. The van der Waals surface area contributed by atoms with Gasteiger partial charge in [-0.2, -0.15) is 5.26 Å². The third kappa shape index (κ3) is 3.35. The van der Waals surface area contributed by atoms with Crippen LogP contribution in [0.3, 0.4) is 0 Å². The summed E-state index contributed by atoms with van der Waals surface area (Å²) >= 11 is 0. The highest BCUT2D eigenvalue weighted by molar-refractivity contribution is 5.95. The van der Waals surface area contributed by atoms with Crippen molar-refractivity contribution in [1.82, 2.24) is 5.32 Å². The van der Waals surface area contributed by atoms with Crippen LogP contribution in [-0.4, -0.2) is 11.4 Å². The van der Waals surface area contributed by atoms with Crippen molar-refractivity contribution in [1.29, 1.82) is 5.26 Å². The standard InChI is InChI=1S/C15H15F3N2O/c16-10-7-11(17)13(12(18)8-10)14(21)20-15(9-19)5-3-1-2-4-6-15/h7-8H,1-6H2,(H,20,21). The van der Waals surface area contributed by atoms with Gasteiger partial charge in [-0.25, -0.2) is 13.2 Å². The van der Waals surface area contributed by atoms with Crippen molar-refractivity contribution in [2.45, 2.75) is 44.1 Å². The number of nitrogens with zero attached hydrogens (tertiary/aromatic N) is 1. The quantitative estimate of drug-likeness (QED) is 0.850. The van der Waals surface area contributed by atoms with E-state index in [1.807, 2.05) is 0 Å². The minimum absolute atomic E-state index is 0.444. The highest BCUT2D eigenvalue weighted by atomic mass is 19.1. The largest absolute Gasteiger partial charge is 0.334 e. The van der Waals surface area contributed by atoms with Gasteiger partial charge in [0.25, 0.3) is 5.91 Å². The van der Waals surface area contributed by atoms with E-state index < -0.39 is 34.5 Å². The van der Waals surface area contributed by atoms with Crippen LogP contribution in [0.25, 0.3) is 0 Å². The molecule has 0 heterocycles. The van der Waals surface area contributed by atoms with Crippen molar-refractivity contribution < 1.29 is 18.0 Å². The number of amides is 1. The van der Waals surface area contributed by atoms with Gasteiger partial charge < -0.3 is 5.32 Å². The number of carbonyl (C=O) groups excluding carboxylic acids is 1. The molecule has 1 fully saturated rings. The first-order chi connectivity index (χ1) is 9.97. The summed E-state index contributed by atoms with van der Waals surface area (Å²) in [5, 5.41) is 11.8.